The number of carbonyl (C=O) groups is 1. The molecule has 34 heavy (non-hydrogen) atoms. The first-order valence-electron chi connectivity index (χ1n) is 11.9. The van der Waals surface area contributed by atoms with Gasteiger partial charge in [-0.1, -0.05) is 37.3 Å². The van der Waals surface area contributed by atoms with Crippen molar-refractivity contribution < 1.29 is 28.4 Å². The molecule has 1 saturated carbocycles. The summed E-state index contributed by atoms with van der Waals surface area (Å²) < 4.78 is 23.6. The second-order valence-corrected chi connectivity index (χ2v) is 11.4. The highest BCUT2D eigenvalue weighted by Crippen LogP contribution is 2.49. The molecule has 0 amide bonds. The Morgan fingerprint density at radius 1 is 1.12 bits per heavy atom. The number of hydrogen-bond donors (Lipinski definition) is 2. The Labute approximate surface area is 204 Å². The smallest absolute Gasteiger partial charge is 0.472 e. The molecular weight excluding hydrogens is 457 g/mol. The fourth-order valence-corrected chi connectivity index (χ4v) is 5.34. The van der Waals surface area contributed by atoms with Crippen LogP contribution in [0, 0.1) is 0 Å². The first kappa shape index (κ1) is 28.9. The number of phosphoric ester groups is 1. The standard InChI is InChI=1S/C24H42N3O6P/c1-24(20-9-7-6-8-10-20)13-11-22(12-14-24)33-34(30,31)32-19-21(25(2)3)17-26(4)15-16-27(5)18-23(28)29/h6-10,21-22H,11-19H2,1-5H3,(H,28,29)(H,30,31)/t21?,22-,24+. The van der Waals surface area contributed by atoms with Gasteiger partial charge in [-0.15, -0.1) is 0 Å². The summed E-state index contributed by atoms with van der Waals surface area (Å²) in [6, 6.07) is 10.3. The fraction of sp³-hybridized carbons (Fsp3) is 0.708. The number of likely N-dealkylation sites (N-methyl/N-ethyl adjacent to an activating group) is 3. The fourth-order valence-electron chi connectivity index (χ4n) is 4.33. The molecule has 1 fully saturated rings. The number of hydrogen-bond acceptors (Lipinski definition) is 7. The molecule has 0 aliphatic heterocycles. The Kier molecular flexibility index (Phi) is 11.2. The largest absolute Gasteiger partial charge is 0.480 e. The summed E-state index contributed by atoms with van der Waals surface area (Å²) in [5.41, 5.74) is 1.35. The van der Waals surface area contributed by atoms with Crippen molar-refractivity contribution in [3.8, 4) is 0 Å². The molecule has 194 valence electrons. The average Bonchev–Trinajstić information content (AvgIpc) is 2.77. The molecule has 2 atom stereocenters. The zero-order chi connectivity index (χ0) is 25.4. The lowest BCUT2D eigenvalue weighted by molar-refractivity contribution is -0.138. The van der Waals surface area contributed by atoms with E-state index < -0.39 is 13.8 Å². The van der Waals surface area contributed by atoms with Crippen LogP contribution in [0.4, 0.5) is 0 Å². The van der Waals surface area contributed by atoms with Gasteiger partial charge in [-0.3, -0.25) is 18.7 Å². The van der Waals surface area contributed by atoms with E-state index in [1.165, 1.54) is 5.56 Å². The van der Waals surface area contributed by atoms with Crippen LogP contribution < -0.4 is 0 Å². The molecule has 0 bridgehead atoms. The van der Waals surface area contributed by atoms with E-state index in [2.05, 4.69) is 24.0 Å². The van der Waals surface area contributed by atoms with Crippen LogP contribution in [0.5, 0.6) is 0 Å². The van der Waals surface area contributed by atoms with Crippen LogP contribution in [-0.2, 0) is 23.8 Å². The average molecular weight is 500 g/mol. The topological polar surface area (TPSA) is 103 Å². The highest BCUT2D eigenvalue weighted by atomic mass is 31.2. The van der Waals surface area contributed by atoms with Crippen molar-refractivity contribution in [2.24, 2.45) is 0 Å². The maximum atomic E-state index is 12.7. The third kappa shape index (κ3) is 9.74. The summed E-state index contributed by atoms with van der Waals surface area (Å²) in [6.45, 7) is 4.17. The number of phosphoric acid groups is 1. The van der Waals surface area contributed by atoms with Crippen LogP contribution in [0.2, 0.25) is 0 Å². The molecule has 0 aromatic heterocycles. The van der Waals surface area contributed by atoms with Crippen molar-refractivity contribution in [2.45, 2.75) is 50.2 Å². The van der Waals surface area contributed by atoms with Crippen molar-refractivity contribution in [3.63, 3.8) is 0 Å². The lowest BCUT2D eigenvalue weighted by Crippen LogP contribution is -2.44. The van der Waals surface area contributed by atoms with Crippen molar-refractivity contribution in [2.75, 3.05) is 61.0 Å². The summed E-state index contributed by atoms with van der Waals surface area (Å²) in [4.78, 5) is 26.9. The molecule has 1 aromatic carbocycles. The number of carboxylic acids is 1. The lowest BCUT2D eigenvalue weighted by atomic mass is 9.70. The van der Waals surface area contributed by atoms with Gasteiger partial charge in [0, 0.05) is 25.7 Å². The van der Waals surface area contributed by atoms with E-state index in [0.717, 1.165) is 12.8 Å². The molecule has 1 aromatic rings. The predicted octanol–water partition coefficient (Wildman–Crippen LogP) is 2.90. The second kappa shape index (κ2) is 13.1. The third-order valence-corrected chi connectivity index (χ3v) is 7.78. The molecule has 0 spiro atoms. The molecule has 1 aliphatic carbocycles. The molecule has 10 heteroatoms. The first-order valence-corrected chi connectivity index (χ1v) is 13.4. The van der Waals surface area contributed by atoms with Crippen molar-refractivity contribution in [1.82, 2.24) is 14.7 Å². The summed E-state index contributed by atoms with van der Waals surface area (Å²) >= 11 is 0. The third-order valence-electron chi connectivity index (χ3n) is 6.74. The van der Waals surface area contributed by atoms with E-state index in [9.17, 15) is 14.3 Å². The highest BCUT2D eigenvalue weighted by molar-refractivity contribution is 7.47. The minimum absolute atomic E-state index is 0.00917. The molecular formula is C24H42N3O6P. The van der Waals surface area contributed by atoms with Crippen molar-refractivity contribution >= 4 is 13.8 Å². The minimum atomic E-state index is -4.18. The highest BCUT2D eigenvalue weighted by Gasteiger charge is 2.36. The molecule has 9 nitrogen and oxygen atoms in total. The SMILES string of the molecule is CN(CCN(C)CC(COP(=O)(O)O[C@H]1CC[C@@](C)(c2ccccc2)CC1)N(C)C)CC(=O)O. The van der Waals surface area contributed by atoms with Gasteiger partial charge in [0.1, 0.15) is 0 Å². The molecule has 0 heterocycles. The molecule has 2 rings (SSSR count). The number of aliphatic carboxylic acids is 1. The predicted molar refractivity (Wildman–Crippen MR) is 133 cm³/mol. The van der Waals surface area contributed by atoms with Gasteiger partial charge in [-0.2, -0.15) is 0 Å². The van der Waals surface area contributed by atoms with E-state index in [-0.39, 0.29) is 30.7 Å². The van der Waals surface area contributed by atoms with E-state index in [0.29, 0.717) is 32.5 Å². The van der Waals surface area contributed by atoms with Crippen LogP contribution in [0.25, 0.3) is 0 Å². The van der Waals surface area contributed by atoms with Gasteiger partial charge >= 0.3 is 13.8 Å². The van der Waals surface area contributed by atoms with E-state index in [1.54, 1.807) is 11.9 Å². The zero-order valence-electron chi connectivity index (χ0n) is 21.2. The van der Waals surface area contributed by atoms with Crippen LogP contribution >= 0.6 is 7.82 Å². The lowest BCUT2D eigenvalue weighted by Gasteiger charge is -2.38. The Morgan fingerprint density at radius 3 is 2.26 bits per heavy atom. The summed E-state index contributed by atoms with van der Waals surface area (Å²) in [6.07, 6.45) is 2.91. The Hall–Kier alpha value is -1.32. The van der Waals surface area contributed by atoms with E-state index >= 15 is 0 Å². The first-order chi connectivity index (χ1) is 15.9. The van der Waals surface area contributed by atoms with Crippen molar-refractivity contribution in [1.29, 1.82) is 0 Å². The zero-order valence-corrected chi connectivity index (χ0v) is 22.1. The molecule has 2 N–H and O–H groups in total. The van der Waals surface area contributed by atoms with E-state index in [4.69, 9.17) is 14.2 Å². The Balaban J connectivity index is 1.79. The number of benzene rings is 1. The number of rotatable bonds is 14. The maximum absolute atomic E-state index is 12.7. The van der Waals surface area contributed by atoms with Gasteiger partial charge < -0.3 is 19.8 Å². The van der Waals surface area contributed by atoms with Gasteiger partial charge in [0.25, 0.3) is 0 Å². The number of nitrogens with zero attached hydrogens (tertiary/aromatic N) is 3. The molecule has 1 aliphatic rings. The Morgan fingerprint density at radius 2 is 1.71 bits per heavy atom. The summed E-state index contributed by atoms with van der Waals surface area (Å²) in [5.74, 6) is -0.855. The molecule has 2 unspecified atom stereocenters. The monoisotopic (exact) mass is 499 g/mol. The summed E-state index contributed by atoms with van der Waals surface area (Å²) in [5, 5.41) is 8.87. The second-order valence-electron chi connectivity index (χ2n) is 10.0. The van der Waals surface area contributed by atoms with E-state index in [1.807, 2.05) is 44.2 Å². The maximum Gasteiger partial charge on any atom is 0.472 e. The van der Waals surface area contributed by atoms with Crippen LogP contribution in [0.3, 0.4) is 0 Å². The normalized spacial score (nSPS) is 23.9. The van der Waals surface area contributed by atoms with Gasteiger partial charge in [-0.25, -0.2) is 4.57 Å². The Bertz CT molecular complexity index is 801. The van der Waals surface area contributed by atoms with Gasteiger partial charge in [-0.05, 0) is 64.9 Å². The van der Waals surface area contributed by atoms with Gasteiger partial charge in [0.2, 0.25) is 0 Å². The van der Waals surface area contributed by atoms with Gasteiger partial charge in [0.05, 0.1) is 19.3 Å². The van der Waals surface area contributed by atoms with Gasteiger partial charge in [0.15, 0.2) is 0 Å². The molecule has 0 saturated heterocycles. The van der Waals surface area contributed by atoms with Crippen LogP contribution in [-0.4, -0.2) is 104 Å². The van der Waals surface area contributed by atoms with Crippen molar-refractivity contribution in [3.05, 3.63) is 35.9 Å². The number of carboxylic acid groups (broad SMARTS) is 1. The quantitative estimate of drug-likeness (QED) is 0.374. The van der Waals surface area contributed by atoms with Crippen LogP contribution in [0.1, 0.15) is 38.2 Å². The summed E-state index contributed by atoms with van der Waals surface area (Å²) in [7, 11) is 3.32. The van der Waals surface area contributed by atoms with Crippen LogP contribution in [0.15, 0.2) is 30.3 Å². The minimum Gasteiger partial charge on any atom is -0.480 e. The molecule has 0 radical (unpaired) electrons.